The van der Waals surface area contributed by atoms with Crippen LogP contribution < -0.4 is 0 Å². The summed E-state index contributed by atoms with van der Waals surface area (Å²) in [6, 6.07) is 7.35. The minimum absolute atomic E-state index is 0.154. The molecule has 2 fully saturated rings. The molecule has 0 radical (unpaired) electrons. The fraction of sp³-hybridized carbons (Fsp3) is 0.700. The molecular formula is C20H31NO4S. The molecule has 0 amide bonds. The van der Waals surface area contributed by atoms with Crippen LogP contribution in [-0.2, 0) is 25.9 Å². The maximum atomic E-state index is 12.9. The predicted molar refractivity (Wildman–Crippen MR) is 102 cm³/mol. The van der Waals surface area contributed by atoms with E-state index in [1.165, 1.54) is 5.56 Å². The summed E-state index contributed by atoms with van der Waals surface area (Å²) >= 11 is 0. The molecule has 0 bridgehead atoms. The molecule has 5 nitrogen and oxygen atoms in total. The van der Waals surface area contributed by atoms with Crippen molar-refractivity contribution < 1.29 is 17.9 Å². The van der Waals surface area contributed by atoms with Crippen LogP contribution in [0.5, 0.6) is 0 Å². The van der Waals surface area contributed by atoms with Gasteiger partial charge in [-0.15, -0.1) is 0 Å². The van der Waals surface area contributed by atoms with Gasteiger partial charge in [0.15, 0.2) is 0 Å². The zero-order chi connectivity index (χ0) is 18.6. The van der Waals surface area contributed by atoms with Gasteiger partial charge in [0.05, 0.1) is 23.2 Å². The molecule has 146 valence electrons. The van der Waals surface area contributed by atoms with Gasteiger partial charge >= 0.3 is 0 Å². The van der Waals surface area contributed by atoms with Gasteiger partial charge in [0.1, 0.15) is 0 Å². The molecule has 1 spiro atoms. The topological polar surface area (TPSA) is 55.8 Å². The Bertz CT molecular complexity index is 678. The third-order valence-corrected chi connectivity index (χ3v) is 7.49. The normalized spacial score (nSPS) is 23.5. The lowest BCUT2D eigenvalue weighted by Gasteiger charge is -2.38. The first-order valence-electron chi connectivity index (χ1n) is 9.84. The van der Waals surface area contributed by atoms with E-state index >= 15 is 0 Å². The molecule has 2 heterocycles. The molecule has 6 heteroatoms. The highest BCUT2D eigenvalue weighted by Crippen LogP contribution is 2.40. The largest absolute Gasteiger partial charge is 0.379 e. The molecule has 1 aromatic rings. The lowest BCUT2D eigenvalue weighted by molar-refractivity contribution is -0.0900. The molecule has 2 aliphatic rings. The van der Waals surface area contributed by atoms with Crippen LogP contribution in [-0.4, -0.2) is 50.7 Å². The molecule has 2 aliphatic heterocycles. The maximum absolute atomic E-state index is 12.9. The summed E-state index contributed by atoms with van der Waals surface area (Å²) in [4.78, 5) is 0.398. The summed E-state index contributed by atoms with van der Waals surface area (Å²) in [6.07, 6.45) is 5.74. The van der Waals surface area contributed by atoms with E-state index in [1.807, 2.05) is 19.1 Å². The van der Waals surface area contributed by atoms with Crippen molar-refractivity contribution in [2.45, 2.75) is 69.0 Å². The number of nitrogens with zero attached hydrogens (tertiary/aromatic N) is 1. The minimum Gasteiger partial charge on any atom is -0.379 e. The van der Waals surface area contributed by atoms with Crippen molar-refractivity contribution in [3.05, 3.63) is 29.8 Å². The highest BCUT2D eigenvalue weighted by Gasteiger charge is 2.44. The van der Waals surface area contributed by atoms with Crippen molar-refractivity contribution in [1.82, 2.24) is 4.31 Å². The fourth-order valence-electron chi connectivity index (χ4n) is 4.03. The first kappa shape index (κ1) is 19.8. The van der Waals surface area contributed by atoms with Crippen molar-refractivity contribution >= 4 is 10.0 Å². The predicted octanol–water partition coefficient (Wildman–Crippen LogP) is 3.38. The fourth-order valence-corrected chi connectivity index (χ4v) is 5.47. The molecule has 0 saturated carbocycles. The van der Waals surface area contributed by atoms with E-state index in [1.54, 1.807) is 16.4 Å². The molecule has 1 aromatic carbocycles. The van der Waals surface area contributed by atoms with Crippen molar-refractivity contribution in [2.24, 2.45) is 0 Å². The second kappa shape index (κ2) is 8.38. The summed E-state index contributed by atoms with van der Waals surface area (Å²) in [7, 11) is -3.41. The average molecular weight is 382 g/mol. The lowest BCUT2D eigenvalue weighted by atomic mass is 9.89. The lowest BCUT2D eigenvalue weighted by Crippen LogP contribution is -2.46. The molecule has 1 unspecified atom stereocenters. The molecule has 26 heavy (non-hydrogen) atoms. The first-order chi connectivity index (χ1) is 12.5. The number of ether oxygens (including phenoxy) is 2. The SMILES string of the molecule is CCCc1ccc(S(=O)(=O)N2CCC3(CCC(COCC)O3)CC2)cc1. The van der Waals surface area contributed by atoms with Gasteiger partial charge in [-0.3, -0.25) is 0 Å². The van der Waals surface area contributed by atoms with Crippen LogP contribution in [0.3, 0.4) is 0 Å². The van der Waals surface area contributed by atoms with E-state index in [4.69, 9.17) is 9.47 Å². The molecular weight excluding hydrogens is 350 g/mol. The van der Waals surface area contributed by atoms with E-state index < -0.39 is 10.0 Å². The highest BCUT2D eigenvalue weighted by atomic mass is 32.2. The number of hydrogen-bond acceptors (Lipinski definition) is 4. The molecule has 0 aliphatic carbocycles. The van der Waals surface area contributed by atoms with E-state index in [0.717, 1.165) is 38.5 Å². The zero-order valence-corrected chi connectivity index (χ0v) is 16.8. The Hall–Kier alpha value is -0.950. The van der Waals surface area contributed by atoms with Gasteiger partial charge < -0.3 is 9.47 Å². The van der Waals surface area contributed by atoms with Gasteiger partial charge in [0, 0.05) is 19.7 Å². The van der Waals surface area contributed by atoms with Crippen LogP contribution in [0, 0.1) is 0 Å². The number of hydrogen-bond donors (Lipinski definition) is 0. The minimum atomic E-state index is -3.41. The van der Waals surface area contributed by atoms with E-state index in [9.17, 15) is 8.42 Å². The second-order valence-electron chi connectivity index (χ2n) is 7.42. The molecule has 0 aromatic heterocycles. The Morgan fingerprint density at radius 1 is 1.15 bits per heavy atom. The second-order valence-corrected chi connectivity index (χ2v) is 9.36. The summed E-state index contributed by atoms with van der Waals surface area (Å²) in [6.45, 7) is 6.52. The Morgan fingerprint density at radius 3 is 2.46 bits per heavy atom. The van der Waals surface area contributed by atoms with Crippen molar-refractivity contribution in [3.63, 3.8) is 0 Å². The van der Waals surface area contributed by atoms with Crippen LogP contribution in [0.25, 0.3) is 0 Å². The third kappa shape index (κ3) is 4.30. The standard InChI is InChI=1S/C20H31NO4S/c1-3-5-17-6-8-19(9-7-17)26(22,23)21-14-12-20(13-15-21)11-10-18(25-20)16-24-4-2/h6-9,18H,3-5,10-16H2,1-2H3. The third-order valence-electron chi connectivity index (χ3n) is 5.58. The number of piperidine rings is 1. The number of rotatable bonds is 7. The maximum Gasteiger partial charge on any atom is 0.243 e. The van der Waals surface area contributed by atoms with Crippen LogP contribution >= 0.6 is 0 Å². The van der Waals surface area contributed by atoms with Crippen LogP contribution in [0.2, 0.25) is 0 Å². The number of benzene rings is 1. The van der Waals surface area contributed by atoms with Crippen molar-refractivity contribution in [1.29, 1.82) is 0 Å². The Balaban J connectivity index is 1.60. The van der Waals surface area contributed by atoms with Gasteiger partial charge in [-0.1, -0.05) is 25.5 Å². The van der Waals surface area contributed by atoms with Gasteiger partial charge in [-0.05, 0) is 56.7 Å². The molecule has 3 rings (SSSR count). The summed E-state index contributed by atoms with van der Waals surface area (Å²) in [5.74, 6) is 0. The highest BCUT2D eigenvalue weighted by molar-refractivity contribution is 7.89. The van der Waals surface area contributed by atoms with Crippen LogP contribution in [0.1, 0.15) is 51.5 Å². The Labute approximate surface area is 157 Å². The Kier molecular flexibility index (Phi) is 6.38. The van der Waals surface area contributed by atoms with Gasteiger partial charge in [0.2, 0.25) is 10.0 Å². The van der Waals surface area contributed by atoms with Crippen LogP contribution in [0.4, 0.5) is 0 Å². The van der Waals surface area contributed by atoms with Crippen molar-refractivity contribution in [2.75, 3.05) is 26.3 Å². The monoisotopic (exact) mass is 381 g/mol. The van der Waals surface area contributed by atoms with Gasteiger partial charge in [-0.25, -0.2) is 8.42 Å². The van der Waals surface area contributed by atoms with Crippen molar-refractivity contribution in [3.8, 4) is 0 Å². The van der Waals surface area contributed by atoms with E-state index in [2.05, 4.69) is 6.92 Å². The smallest absolute Gasteiger partial charge is 0.243 e. The number of aryl methyl sites for hydroxylation is 1. The van der Waals surface area contributed by atoms with E-state index in [0.29, 0.717) is 31.2 Å². The molecule has 0 N–H and O–H groups in total. The number of sulfonamides is 1. The molecule has 1 atom stereocenters. The zero-order valence-electron chi connectivity index (χ0n) is 15.9. The van der Waals surface area contributed by atoms with Gasteiger partial charge in [0.25, 0.3) is 0 Å². The summed E-state index contributed by atoms with van der Waals surface area (Å²) in [5.41, 5.74) is 1.03. The van der Waals surface area contributed by atoms with Gasteiger partial charge in [-0.2, -0.15) is 4.31 Å². The van der Waals surface area contributed by atoms with Crippen LogP contribution in [0.15, 0.2) is 29.2 Å². The Morgan fingerprint density at radius 2 is 1.85 bits per heavy atom. The van der Waals surface area contributed by atoms with E-state index in [-0.39, 0.29) is 11.7 Å². The summed E-state index contributed by atoms with van der Waals surface area (Å²) in [5, 5.41) is 0. The quantitative estimate of drug-likeness (QED) is 0.727. The molecule has 2 saturated heterocycles. The average Bonchev–Trinajstić information content (AvgIpc) is 3.03. The first-order valence-corrected chi connectivity index (χ1v) is 11.3. The summed E-state index contributed by atoms with van der Waals surface area (Å²) < 4.78 is 39.2.